The fourth-order valence-electron chi connectivity index (χ4n) is 8.86. The molecule has 1 aromatic carbocycles. The van der Waals surface area contributed by atoms with E-state index in [1.807, 2.05) is 32.0 Å². The largest absolute Gasteiger partial charge is 0.463 e. The number of hydrogen-bond donors (Lipinski definition) is 5. The summed E-state index contributed by atoms with van der Waals surface area (Å²) in [6.07, 6.45) is -8.36. The van der Waals surface area contributed by atoms with E-state index in [0.717, 1.165) is 33.3 Å². The molecule has 2 fully saturated rings. The predicted molar refractivity (Wildman–Crippen MR) is 297 cm³/mol. The van der Waals surface area contributed by atoms with Gasteiger partial charge in [0.1, 0.15) is 44.1 Å². The van der Waals surface area contributed by atoms with Crippen LogP contribution in [0.25, 0.3) is 0 Å². The Morgan fingerprint density at radius 1 is 0.488 bits per heavy atom. The van der Waals surface area contributed by atoms with E-state index in [4.69, 9.17) is 61.6 Å². The quantitative estimate of drug-likeness (QED) is 0.0358. The van der Waals surface area contributed by atoms with E-state index < -0.39 is 121 Å². The number of ether oxygens (including phenoxy) is 13. The number of benzene rings is 1. The van der Waals surface area contributed by atoms with Crippen LogP contribution in [0.5, 0.6) is 0 Å². The maximum absolute atomic E-state index is 12.8. The number of nitrogens with one attached hydrogen (secondary N) is 5. The molecule has 0 saturated carbocycles. The molecule has 2 aliphatic rings. The molecule has 1 aromatic rings. The van der Waals surface area contributed by atoms with Gasteiger partial charge in [0.15, 0.2) is 37.0 Å². The molecular weight excluding hydrogens is 1140 g/mol. The number of carbonyl (C=O) groups excluding carboxylic acids is 11. The summed E-state index contributed by atoms with van der Waals surface area (Å²) in [5, 5.41) is 13.7. The van der Waals surface area contributed by atoms with Crippen LogP contribution in [-0.2, 0) is 116 Å². The summed E-state index contributed by atoms with van der Waals surface area (Å²) < 4.78 is 73.3. The zero-order valence-corrected chi connectivity index (χ0v) is 50.7. The number of carbonyl (C=O) groups is 11. The van der Waals surface area contributed by atoms with Gasteiger partial charge in [0, 0.05) is 81.3 Å². The predicted octanol–water partition coefficient (Wildman–Crippen LogP) is 1.51. The molecule has 2 saturated heterocycles. The molecule has 2 heterocycles. The van der Waals surface area contributed by atoms with Gasteiger partial charge >= 0.3 is 41.9 Å². The van der Waals surface area contributed by atoms with Crippen molar-refractivity contribution in [3.05, 3.63) is 35.9 Å². The molecule has 0 spiro atoms. The first kappa shape index (κ1) is 73.2. The third-order valence-corrected chi connectivity index (χ3v) is 13.0. The van der Waals surface area contributed by atoms with Crippen LogP contribution in [-0.4, -0.2) is 199 Å². The second-order valence-corrected chi connectivity index (χ2v) is 20.8. The average molecular weight is 1230 g/mol. The highest BCUT2D eigenvalue weighted by atomic mass is 16.7. The van der Waals surface area contributed by atoms with Crippen molar-refractivity contribution < 1.29 is 114 Å². The Morgan fingerprint density at radius 2 is 0.884 bits per heavy atom. The lowest BCUT2D eigenvalue weighted by Crippen LogP contribution is -2.66. The lowest BCUT2D eigenvalue weighted by Gasteiger charge is -2.45. The number of alkyl carbamates (subject to hydrolysis) is 1. The first-order valence-corrected chi connectivity index (χ1v) is 28.5. The third-order valence-electron chi connectivity index (χ3n) is 13.0. The minimum Gasteiger partial charge on any atom is -0.463 e. The van der Waals surface area contributed by atoms with Crippen molar-refractivity contribution in [2.24, 2.45) is 11.8 Å². The van der Waals surface area contributed by atoms with Gasteiger partial charge in [0.2, 0.25) is 23.6 Å². The van der Waals surface area contributed by atoms with Crippen LogP contribution >= 0.6 is 0 Å². The molecule has 6 unspecified atom stereocenters. The van der Waals surface area contributed by atoms with Crippen molar-refractivity contribution in [3.8, 4) is 0 Å². The molecule has 3 rings (SSSR count). The van der Waals surface area contributed by atoms with Gasteiger partial charge in [0.25, 0.3) is 0 Å². The summed E-state index contributed by atoms with van der Waals surface area (Å²) >= 11 is 0. The smallest absolute Gasteiger partial charge is 0.407 e. The van der Waals surface area contributed by atoms with Gasteiger partial charge in [-0.05, 0) is 43.1 Å². The van der Waals surface area contributed by atoms with Crippen molar-refractivity contribution in [3.63, 3.8) is 0 Å². The van der Waals surface area contributed by atoms with Crippen LogP contribution in [0.15, 0.2) is 30.3 Å². The van der Waals surface area contributed by atoms with Gasteiger partial charge in [-0.15, -0.1) is 0 Å². The molecule has 86 heavy (non-hydrogen) atoms. The van der Waals surface area contributed by atoms with Crippen molar-refractivity contribution >= 4 is 65.5 Å². The Bertz CT molecular complexity index is 2220. The zero-order valence-electron chi connectivity index (χ0n) is 50.7. The molecule has 0 radical (unpaired) electrons. The molecule has 5 amide bonds. The number of rotatable bonds is 37. The molecule has 5 N–H and O–H groups in total. The van der Waals surface area contributed by atoms with E-state index in [2.05, 4.69) is 26.6 Å². The van der Waals surface area contributed by atoms with Gasteiger partial charge < -0.3 is 88.2 Å². The fourth-order valence-corrected chi connectivity index (χ4v) is 8.86. The van der Waals surface area contributed by atoms with Crippen molar-refractivity contribution in [1.29, 1.82) is 0 Å². The maximum atomic E-state index is 12.8. The number of amides is 5. The molecule has 0 aromatic heterocycles. The van der Waals surface area contributed by atoms with Gasteiger partial charge in [-0.2, -0.15) is 0 Å². The van der Waals surface area contributed by atoms with Gasteiger partial charge in [-0.1, -0.05) is 44.2 Å². The lowest BCUT2D eigenvalue weighted by molar-refractivity contribution is -0.278. The minimum atomic E-state index is -1.26. The van der Waals surface area contributed by atoms with E-state index in [-0.39, 0.29) is 96.0 Å². The van der Waals surface area contributed by atoms with E-state index in [0.29, 0.717) is 38.8 Å². The first-order valence-electron chi connectivity index (χ1n) is 28.5. The van der Waals surface area contributed by atoms with E-state index in [1.165, 1.54) is 27.7 Å². The van der Waals surface area contributed by atoms with E-state index in [1.54, 1.807) is 12.1 Å². The summed E-state index contributed by atoms with van der Waals surface area (Å²) in [5.74, 6) is -5.77. The van der Waals surface area contributed by atoms with Crippen LogP contribution in [0.3, 0.4) is 0 Å². The first-order chi connectivity index (χ1) is 40.8. The Kier molecular flexibility index (Phi) is 33.7. The Labute approximate surface area is 500 Å². The summed E-state index contributed by atoms with van der Waals surface area (Å²) in [6, 6.07) is 6.12. The van der Waals surface area contributed by atoms with Crippen LogP contribution in [0.1, 0.15) is 113 Å². The lowest BCUT2D eigenvalue weighted by atomic mass is 9.96. The molecule has 2 aliphatic heterocycles. The monoisotopic (exact) mass is 1230 g/mol. The second-order valence-electron chi connectivity index (χ2n) is 20.8. The standard InChI is InChI=1S/C57H87N5O24/c1-33(18-26-76-55-49(60-35(3)63)53(83-41(9)69)51(81-39(7)67)45(85-55)31-78-37(5)65)16-22-58-47(71)20-24-74-29-44(62-57(73)80-28-43-14-12-11-13-15-43)30-75-25-21-48(72)59-23-17-34(2)19-27-77-56-50(61-36(4)64)54(84-42(10)70)52(82-40(8)68)46(86-56)32-79-38(6)66/h11-15,33-34,44-46,49-56H,16-32H2,1-10H3,(H,58,71)(H,59,72)(H,60,63)(H,61,64)(H,62,73)/t33?,34?,44?,45?,46?,49-,50-,51-,52-,53?,54?,55+,56+/m0/s1. The highest BCUT2D eigenvalue weighted by Crippen LogP contribution is 2.30. The van der Waals surface area contributed by atoms with Crippen LogP contribution in [0.4, 0.5) is 4.79 Å². The average Bonchev–Trinajstić information content (AvgIpc) is 0.917. The topological polar surface area (TPSA) is 368 Å². The normalized spacial score (nSPS) is 22.6. The highest BCUT2D eigenvalue weighted by Gasteiger charge is 2.53. The summed E-state index contributed by atoms with van der Waals surface area (Å²) in [7, 11) is 0. The molecule has 484 valence electrons. The van der Waals surface area contributed by atoms with Gasteiger partial charge in [-0.3, -0.25) is 47.9 Å². The van der Waals surface area contributed by atoms with Gasteiger partial charge in [0.05, 0.1) is 45.7 Å². The van der Waals surface area contributed by atoms with Crippen LogP contribution in [0.2, 0.25) is 0 Å². The zero-order chi connectivity index (χ0) is 63.7. The maximum Gasteiger partial charge on any atom is 0.407 e. The van der Waals surface area contributed by atoms with Crippen LogP contribution < -0.4 is 26.6 Å². The minimum absolute atomic E-state index is 0.0000593. The fraction of sp³-hybridized carbons (Fsp3) is 0.702. The van der Waals surface area contributed by atoms with Crippen LogP contribution in [0, 0.1) is 11.8 Å². The molecule has 29 nitrogen and oxygen atoms in total. The van der Waals surface area contributed by atoms with Crippen molar-refractivity contribution in [2.45, 2.75) is 182 Å². The molecule has 0 bridgehead atoms. The number of esters is 6. The van der Waals surface area contributed by atoms with E-state index in [9.17, 15) is 52.7 Å². The van der Waals surface area contributed by atoms with Gasteiger partial charge in [-0.25, -0.2) is 4.79 Å². The Balaban J connectivity index is 1.45. The highest BCUT2D eigenvalue weighted by molar-refractivity contribution is 5.77. The third kappa shape index (κ3) is 29.8. The Morgan fingerprint density at radius 3 is 1.26 bits per heavy atom. The summed E-state index contributed by atoms with van der Waals surface area (Å²) in [4.78, 5) is 135. The number of hydrogen-bond acceptors (Lipinski definition) is 24. The van der Waals surface area contributed by atoms with Crippen molar-refractivity contribution in [2.75, 3.05) is 65.9 Å². The summed E-state index contributed by atoms with van der Waals surface area (Å²) in [6.45, 7) is 13.3. The summed E-state index contributed by atoms with van der Waals surface area (Å²) in [5.41, 5.74) is 0.769. The second kappa shape index (κ2) is 39.6. The van der Waals surface area contributed by atoms with Crippen molar-refractivity contribution in [1.82, 2.24) is 26.6 Å². The SMILES string of the molecule is CC(=O)N[C@H]1C(OC(C)=O)[C@@H](OC(C)=O)C(COC(C)=O)O[C@H]1OCCC(C)CCNC(=O)CCOCC(COCCC(=O)NCCC(C)CCO[C@@H]1OC(COC(C)=O)[C@H](OC(C)=O)C(OC(C)=O)[C@@H]1NC(C)=O)NC(=O)OCc1ccccc1. The molecule has 29 heteroatoms. The molecule has 0 aliphatic carbocycles. The molecular formula is C57H87N5O24. The van der Waals surface area contributed by atoms with E-state index >= 15 is 0 Å². The Hall–Kier alpha value is -7.05. The molecule has 12 atom stereocenters.